The highest BCUT2D eigenvalue weighted by Crippen LogP contribution is 2.53. The van der Waals surface area contributed by atoms with Gasteiger partial charge in [-0.05, 0) is 44.2 Å². The number of aromatic nitrogens is 1. The number of pyridine rings is 1. The van der Waals surface area contributed by atoms with Crippen molar-refractivity contribution in [2.24, 2.45) is 11.8 Å². The number of methoxy groups -OCH3 is 1. The second-order valence-corrected chi connectivity index (χ2v) is 8.95. The van der Waals surface area contributed by atoms with Crippen LogP contribution in [0.15, 0.2) is 29.2 Å². The maximum atomic E-state index is 13.9. The Hall–Kier alpha value is -3.11. The lowest BCUT2D eigenvalue weighted by Gasteiger charge is -2.33. The number of benzene rings is 1. The molecule has 34 heavy (non-hydrogen) atoms. The second-order valence-electron chi connectivity index (χ2n) is 8.95. The van der Waals surface area contributed by atoms with Gasteiger partial charge in [0.1, 0.15) is 29.1 Å². The third-order valence-electron chi connectivity index (χ3n) is 7.01. The summed E-state index contributed by atoms with van der Waals surface area (Å²) in [5.74, 6) is -1.92. The van der Waals surface area contributed by atoms with Crippen molar-refractivity contribution in [2.45, 2.75) is 44.6 Å². The van der Waals surface area contributed by atoms with Crippen molar-refractivity contribution in [3.8, 4) is 5.75 Å². The minimum atomic E-state index is -1.02. The van der Waals surface area contributed by atoms with Crippen LogP contribution in [-0.4, -0.2) is 53.2 Å². The molecule has 1 aromatic carbocycles. The van der Waals surface area contributed by atoms with E-state index in [9.17, 15) is 28.3 Å². The lowest BCUT2D eigenvalue weighted by molar-refractivity contribution is -0.0533. The molecule has 0 aliphatic heterocycles. The Labute approximate surface area is 195 Å². The quantitative estimate of drug-likeness (QED) is 0.426. The first-order valence-electron chi connectivity index (χ1n) is 11.1. The van der Waals surface area contributed by atoms with Crippen LogP contribution in [-0.2, 0) is 17.8 Å². The highest BCUT2D eigenvalue weighted by Gasteiger charge is 2.50. The van der Waals surface area contributed by atoms with Gasteiger partial charge in [-0.3, -0.25) is 19.3 Å². The third-order valence-corrected chi connectivity index (χ3v) is 7.01. The fraction of sp³-hybridized carbons (Fsp3) is 0.458. The zero-order valence-electron chi connectivity index (χ0n) is 19.0. The summed E-state index contributed by atoms with van der Waals surface area (Å²) < 4.78 is 33.9. The van der Waals surface area contributed by atoms with E-state index in [1.54, 1.807) is 0 Å². The molecule has 2 aromatic rings. The molecule has 182 valence electrons. The Kier molecular flexibility index (Phi) is 6.81. The van der Waals surface area contributed by atoms with Gasteiger partial charge in [0.05, 0.1) is 6.54 Å². The number of amides is 1. The standard InChI is InChI=1S/C24H27F2N3O5/c1-28(19-6-4-13-7-16(13)19)21(34-2)11-29-10-17(22(31)23(32)20(29)12-30)24(33)27-9-14-3-5-15(25)8-18(14)26/h3,5,8,10,12-13,16,19,21,32H,4,6-7,9,11H2,1-2H3,(H,27,33). The van der Waals surface area contributed by atoms with E-state index in [1.807, 2.05) is 7.05 Å². The summed E-state index contributed by atoms with van der Waals surface area (Å²) in [5.41, 5.74) is -1.67. The molecule has 2 aliphatic carbocycles. The number of nitrogens with zero attached hydrogens (tertiary/aromatic N) is 2. The lowest BCUT2D eigenvalue weighted by atomic mass is 10.1. The summed E-state index contributed by atoms with van der Waals surface area (Å²) in [7, 11) is 3.47. The van der Waals surface area contributed by atoms with E-state index in [-0.39, 0.29) is 24.3 Å². The molecular weight excluding hydrogens is 448 g/mol. The van der Waals surface area contributed by atoms with E-state index < -0.39 is 40.5 Å². The van der Waals surface area contributed by atoms with Crippen molar-refractivity contribution in [3.05, 3.63) is 63.1 Å². The molecule has 1 heterocycles. The van der Waals surface area contributed by atoms with E-state index in [2.05, 4.69) is 10.2 Å². The van der Waals surface area contributed by atoms with Crippen molar-refractivity contribution in [1.82, 2.24) is 14.8 Å². The van der Waals surface area contributed by atoms with E-state index in [4.69, 9.17) is 4.74 Å². The largest absolute Gasteiger partial charge is 0.503 e. The molecule has 2 fully saturated rings. The zero-order valence-corrected chi connectivity index (χ0v) is 19.0. The summed E-state index contributed by atoms with van der Waals surface area (Å²) >= 11 is 0. The Morgan fingerprint density at radius 3 is 2.74 bits per heavy atom. The third kappa shape index (κ3) is 4.60. The smallest absolute Gasteiger partial charge is 0.257 e. The van der Waals surface area contributed by atoms with Crippen molar-refractivity contribution in [1.29, 1.82) is 0 Å². The number of hydrogen-bond donors (Lipinski definition) is 2. The Balaban J connectivity index is 1.56. The fourth-order valence-corrected chi connectivity index (χ4v) is 4.97. The van der Waals surface area contributed by atoms with Crippen LogP contribution in [0, 0.1) is 23.5 Å². The fourth-order valence-electron chi connectivity index (χ4n) is 4.97. The van der Waals surface area contributed by atoms with Crippen LogP contribution in [0.1, 0.15) is 45.7 Å². The molecule has 4 unspecified atom stereocenters. The number of halogens is 2. The molecule has 4 rings (SSSR count). The number of likely N-dealkylation sites (N-methyl/N-ethyl adjacent to an activating group) is 1. The van der Waals surface area contributed by atoms with Crippen LogP contribution in [0.2, 0.25) is 0 Å². The molecule has 8 nitrogen and oxygen atoms in total. The summed E-state index contributed by atoms with van der Waals surface area (Å²) in [4.78, 5) is 39.0. The number of hydrogen-bond acceptors (Lipinski definition) is 6. The molecule has 1 aromatic heterocycles. The van der Waals surface area contributed by atoms with E-state index in [1.165, 1.54) is 36.8 Å². The molecule has 4 atom stereocenters. The van der Waals surface area contributed by atoms with Crippen LogP contribution in [0.25, 0.3) is 0 Å². The summed E-state index contributed by atoms with van der Waals surface area (Å²) in [6.45, 7) is -0.204. The van der Waals surface area contributed by atoms with Gasteiger partial charge in [-0.2, -0.15) is 0 Å². The minimum Gasteiger partial charge on any atom is -0.503 e. The van der Waals surface area contributed by atoms with Crippen molar-refractivity contribution >= 4 is 12.2 Å². The first-order valence-corrected chi connectivity index (χ1v) is 11.1. The molecule has 10 heteroatoms. The maximum absolute atomic E-state index is 13.9. The molecular formula is C24H27F2N3O5. The van der Waals surface area contributed by atoms with E-state index in [0.29, 0.717) is 24.3 Å². The normalized spacial score (nSPS) is 21.9. The van der Waals surface area contributed by atoms with Crippen LogP contribution in [0.3, 0.4) is 0 Å². The number of fused-ring (bicyclic) bond motifs is 1. The van der Waals surface area contributed by atoms with Gasteiger partial charge in [-0.1, -0.05) is 6.07 Å². The first kappa shape index (κ1) is 24.0. The monoisotopic (exact) mass is 475 g/mol. The van der Waals surface area contributed by atoms with Crippen LogP contribution >= 0.6 is 0 Å². The molecule has 1 amide bonds. The van der Waals surface area contributed by atoms with Crippen molar-refractivity contribution in [3.63, 3.8) is 0 Å². The van der Waals surface area contributed by atoms with Gasteiger partial charge in [0, 0.05) is 37.5 Å². The highest BCUT2D eigenvalue weighted by atomic mass is 19.1. The second kappa shape index (κ2) is 9.63. The predicted octanol–water partition coefficient (Wildman–Crippen LogP) is 2.28. The SMILES string of the molecule is COC(Cn1cc(C(=O)NCc2ccc(F)cc2F)c(=O)c(O)c1C=O)N(C)C1CCC2CC21. The number of rotatable bonds is 9. The lowest BCUT2D eigenvalue weighted by Crippen LogP contribution is -2.44. The Morgan fingerprint density at radius 2 is 2.15 bits per heavy atom. The van der Waals surface area contributed by atoms with Crippen molar-refractivity contribution < 1.29 is 28.2 Å². The Bertz CT molecular complexity index is 1170. The van der Waals surface area contributed by atoms with E-state index >= 15 is 0 Å². The molecule has 2 N–H and O–H groups in total. The molecule has 0 radical (unpaired) electrons. The highest BCUT2D eigenvalue weighted by molar-refractivity contribution is 5.95. The van der Waals surface area contributed by atoms with Crippen LogP contribution < -0.4 is 10.7 Å². The molecule has 0 saturated heterocycles. The van der Waals surface area contributed by atoms with Gasteiger partial charge in [0.15, 0.2) is 12.0 Å². The molecule has 0 spiro atoms. The average molecular weight is 475 g/mol. The number of carbonyl (C=O) groups is 2. The number of carbonyl (C=O) groups excluding carboxylic acids is 2. The minimum absolute atomic E-state index is 0.0276. The van der Waals surface area contributed by atoms with E-state index in [0.717, 1.165) is 18.4 Å². The van der Waals surface area contributed by atoms with Crippen LogP contribution in [0.5, 0.6) is 5.75 Å². The first-order chi connectivity index (χ1) is 16.2. The molecule has 2 aliphatic rings. The number of aromatic hydroxyl groups is 1. The number of ether oxygens (including phenoxy) is 1. The molecule has 2 saturated carbocycles. The summed E-state index contributed by atoms with van der Waals surface area (Å²) in [6, 6.07) is 3.27. The van der Waals surface area contributed by atoms with Crippen molar-refractivity contribution in [2.75, 3.05) is 14.2 Å². The van der Waals surface area contributed by atoms with Gasteiger partial charge < -0.3 is 19.7 Å². The van der Waals surface area contributed by atoms with Gasteiger partial charge in [-0.15, -0.1) is 0 Å². The van der Waals surface area contributed by atoms with Gasteiger partial charge in [-0.25, -0.2) is 8.78 Å². The summed E-state index contributed by atoms with van der Waals surface area (Å²) in [5, 5.41) is 12.8. The van der Waals surface area contributed by atoms with Gasteiger partial charge in [0.25, 0.3) is 5.91 Å². The van der Waals surface area contributed by atoms with Gasteiger partial charge in [0.2, 0.25) is 5.43 Å². The predicted molar refractivity (Wildman–Crippen MR) is 118 cm³/mol. The average Bonchev–Trinajstić information content (AvgIpc) is 3.47. The van der Waals surface area contributed by atoms with Crippen LogP contribution in [0.4, 0.5) is 8.78 Å². The zero-order chi connectivity index (χ0) is 24.6. The number of nitrogens with one attached hydrogen (secondary N) is 1. The topological polar surface area (TPSA) is 101 Å². The molecule has 0 bridgehead atoms. The number of aldehydes is 1. The summed E-state index contributed by atoms with van der Waals surface area (Å²) in [6.07, 6.45) is 4.50. The Morgan fingerprint density at radius 1 is 1.38 bits per heavy atom. The maximum Gasteiger partial charge on any atom is 0.257 e. The van der Waals surface area contributed by atoms with Gasteiger partial charge >= 0.3 is 0 Å².